The molecule has 1 N–H and O–H groups in total. The molecule has 1 saturated heterocycles. The van der Waals surface area contributed by atoms with Crippen LogP contribution in [0.5, 0.6) is 5.75 Å². The van der Waals surface area contributed by atoms with Gasteiger partial charge in [-0.25, -0.2) is 0 Å². The largest absolute Gasteiger partial charge is 0.482 e. The first-order valence-corrected chi connectivity index (χ1v) is 12.0. The van der Waals surface area contributed by atoms with Gasteiger partial charge >= 0.3 is 0 Å². The Bertz CT molecular complexity index is 848. The summed E-state index contributed by atoms with van der Waals surface area (Å²) in [5.41, 5.74) is 4.01. The Morgan fingerprint density at radius 1 is 1.13 bits per heavy atom. The lowest BCUT2D eigenvalue weighted by Gasteiger charge is -2.51. The van der Waals surface area contributed by atoms with Gasteiger partial charge in [-0.2, -0.15) is 0 Å². The van der Waals surface area contributed by atoms with Crippen LogP contribution in [0.4, 0.5) is 5.69 Å². The molecule has 0 radical (unpaired) electrons. The van der Waals surface area contributed by atoms with Gasteiger partial charge in [-0.15, -0.1) is 0 Å². The molecule has 1 unspecified atom stereocenters. The molecule has 0 aromatic heterocycles. The lowest BCUT2D eigenvalue weighted by Crippen LogP contribution is -2.46. The number of benzene rings is 1. The smallest absolute Gasteiger partial charge is 0.262 e. The molecular weight excluding hydrogens is 378 g/mol. The molecule has 3 fully saturated rings. The number of hydrogen-bond acceptors (Lipinski definition) is 4. The summed E-state index contributed by atoms with van der Waals surface area (Å²) in [5, 5.41) is 3.01. The molecule has 1 aromatic carbocycles. The number of nitrogens with one attached hydrogen (secondary N) is 1. The first-order valence-electron chi connectivity index (χ1n) is 12.0. The molecule has 3 aliphatic carbocycles. The molecule has 6 rings (SSSR count). The van der Waals surface area contributed by atoms with Crippen LogP contribution in [0.15, 0.2) is 12.1 Å². The number of hydrogen-bond donors (Lipinski definition) is 1. The van der Waals surface area contributed by atoms with E-state index in [4.69, 9.17) is 14.2 Å². The zero-order chi connectivity index (χ0) is 20.3. The molecule has 30 heavy (non-hydrogen) atoms. The van der Waals surface area contributed by atoms with Crippen molar-refractivity contribution in [1.82, 2.24) is 0 Å². The summed E-state index contributed by atoms with van der Waals surface area (Å²) in [4.78, 5) is 11.8. The molecule has 2 aliphatic heterocycles. The Kier molecular flexibility index (Phi) is 4.61. The molecule has 5 heteroatoms. The van der Waals surface area contributed by atoms with Gasteiger partial charge in [0.25, 0.3) is 5.91 Å². The van der Waals surface area contributed by atoms with Crippen molar-refractivity contribution < 1.29 is 19.0 Å². The molecule has 162 valence electrons. The van der Waals surface area contributed by atoms with E-state index in [2.05, 4.69) is 24.4 Å². The maximum atomic E-state index is 11.8. The van der Waals surface area contributed by atoms with E-state index >= 15 is 0 Å². The number of carbonyl (C=O) groups excluding carboxylic acids is 1. The fourth-order valence-electron chi connectivity index (χ4n) is 7.32. The molecule has 1 aromatic rings. The normalized spacial score (nSPS) is 39.8. The number of rotatable bonds is 2. The first-order chi connectivity index (χ1) is 14.6. The van der Waals surface area contributed by atoms with Crippen LogP contribution in [-0.4, -0.2) is 31.5 Å². The Balaban J connectivity index is 1.25. The van der Waals surface area contributed by atoms with Gasteiger partial charge in [0.2, 0.25) is 0 Å². The lowest BCUT2D eigenvalue weighted by atomic mass is 9.55. The highest BCUT2D eigenvalue weighted by atomic mass is 16.7. The van der Waals surface area contributed by atoms with Crippen LogP contribution in [0.1, 0.15) is 75.3 Å². The molecule has 5 nitrogen and oxygen atoms in total. The van der Waals surface area contributed by atoms with Gasteiger partial charge < -0.3 is 19.5 Å². The number of ether oxygens (including phenoxy) is 3. The van der Waals surface area contributed by atoms with Gasteiger partial charge in [-0.05, 0) is 104 Å². The number of carbonyl (C=O) groups is 1. The van der Waals surface area contributed by atoms with Crippen molar-refractivity contribution in [2.45, 2.75) is 83.0 Å². The standard InChI is InChI=1S/C25H33NO4/c1-25-10-9-16-17(19(25)7-8-22(25)30-24-4-2-3-11-28-24)6-5-15-12-21-20(13-18(15)16)26-23(27)14-29-21/h12-13,16-17,19,22,24H,2-11,14H2,1H3,(H,26,27)/t16-,17+,19-,22-,24?,25-/m0/s1. The third-order valence-corrected chi connectivity index (χ3v) is 8.82. The quantitative estimate of drug-likeness (QED) is 0.761. The SMILES string of the molecule is C[C@]12CC[C@@H]3c4cc5c(cc4CC[C@H]3[C@@H]1CC[C@@H]2OC1CCCCO1)OCC(=O)N5. The Labute approximate surface area is 178 Å². The molecule has 0 spiro atoms. The molecule has 5 aliphatic rings. The molecule has 6 atom stereocenters. The maximum Gasteiger partial charge on any atom is 0.262 e. The highest BCUT2D eigenvalue weighted by molar-refractivity contribution is 5.95. The van der Waals surface area contributed by atoms with Gasteiger partial charge in [0.15, 0.2) is 12.9 Å². The van der Waals surface area contributed by atoms with Gasteiger partial charge in [0, 0.05) is 6.61 Å². The second-order valence-corrected chi connectivity index (χ2v) is 10.3. The van der Waals surface area contributed by atoms with Gasteiger partial charge in [-0.1, -0.05) is 6.92 Å². The van der Waals surface area contributed by atoms with Crippen LogP contribution in [0.3, 0.4) is 0 Å². The minimum atomic E-state index is -0.0493. The summed E-state index contributed by atoms with van der Waals surface area (Å²) >= 11 is 0. The Morgan fingerprint density at radius 2 is 2.07 bits per heavy atom. The highest BCUT2D eigenvalue weighted by Gasteiger charge is 2.55. The van der Waals surface area contributed by atoms with E-state index in [0.29, 0.717) is 12.0 Å². The summed E-state index contributed by atoms with van der Waals surface area (Å²) < 4.78 is 18.2. The average Bonchev–Trinajstić information content (AvgIpc) is 3.09. The summed E-state index contributed by atoms with van der Waals surface area (Å²) in [6, 6.07) is 4.41. The van der Waals surface area contributed by atoms with E-state index in [0.717, 1.165) is 42.7 Å². The van der Waals surface area contributed by atoms with E-state index in [1.54, 1.807) is 0 Å². The van der Waals surface area contributed by atoms with E-state index in [9.17, 15) is 4.79 Å². The third kappa shape index (κ3) is 3.00. The van der Waals surface area contributed by atoms with Crippen LogP contribution < -0.4 is 10.1 Å². The van der Waals surface area contributed by atoms with E-state index in [1.807, 2.05) is 0 Å². The zero-order valence-electron chi connectivity index (χ0n) is 18.0. The molecule has 1 amide bonds. The van der Waals surface area contributed by atoms with Crippen molar-refractivity contribution in [2.75, 3.05) is 18.5 Å². The van der Waals surface area contributed by atoms with Crippen LogP contribution in [0, 0.1) is 17.3 Å². The summed E-state index contributed by atoms with van der Waals surface area (Å²) in [7, 11) is 0. The summed E-state index contributed by atoms with van der Waals surface area (Å²) in [5.74, 6) is 2.83. The van der Waals surface area contributed by atoms with E-state index in [-0.39, 0.29) is 24.2 Å². The Morgan fingerprint density at radius 3 is 2.93 bits per heavy atom. The Hall–Kier alpha value is -1.59. The topological polar surface area (TPSA) is 56.8 Å². The van der Waals surface area contributed by atoms with Crippen LogP contribution in [0.2, 0.25) is 0 Å². The minimum absolute atomic E-state index is 0.0132. The summed E-state index contributed by atoms with van der Waals surface area (Å²) in [6.45, 7) is 3.47. The number of fused-ring (bicyclic) bond motifs is 6. The van der Waals surface area contributed by atoms with Crippen molar-refractivity contribution in [2.24, 2.45) is 17.3 Å². The number of aryl methyl sites for hydroxylation is 1. The zero-order valence-corrected chi connectivity index (χ0v) is 18.0. The van der Waals surface area contributed by atoms with E-state index < -0.39 is 0 Å². The number of amides is 1. The van der Waals surface area contributed by atoms with Crippen LogP contribution in [0.25, 0.3) is 0 Å². The molecule has 2 heterocycles. The molecular formula is C25H33NO4. The lowest BCUT2D eigenvalue weighted by molar-refractivity contribution is -0.212. The predicted octanol–water partition coefficient (Wildman–Crippen LogP) is 4.79. The molecule has 2 saturated carbocycles. The van der Waals surface area contributed by atoms with Gasteiger partial charge in [0.1, 0.15) is 5.75 Å². The minimum Gasteiger partial charge on any atom is -0.482 e. The molecule has 0 bridgehead atoms. The third-order valence-electron chi connectivity index (χ3n) is 8.82. The van der Waals surface area contributed by atoms with Crippen molar-refractivity contribution >= 4 is 11.6 Å². The monoisotopic (exact) mass is 411 g/mol. The fraction of sp³-hybridized carbons (Fsp3) is 0.720. The van der Waals surface area contributed by atoms with Crippen LogP contribution >= 0.6 is 0 Å². The van der Waals surface area contributed by atoms with Crippen molar-refractivity contribution in [3.63, 3.8) is 0 Å². The average molecular weight is 412 g/mol. The van der Waals surface area contributed by atoms with Crippen LogP contribution in [-0.2, 0) is 20.7 Å². The first kappa shape index (κ1) is 19.1. The van der Waals surface area contributed by atoms with E-state index in [1.165, 1.54) is 56.1 Å². The maximum absolute atomic E-state index is 11.8. The van der Waals surface area contributed by atoms with Gasteiger partial charge in [0.05, 0.1) is 11.8 Å². The van der Waals surface area contributed by atoms with Crippen molar-refractivity contribution in [1.29, 1.82) is 0 Å². The van der Waals surface area contributed by atoms with Gasteiger partial charge in [-0.3, -0.25) is 4.79 Å². The summed E-state index contributed by atoms with van der Waals surface area (Å²) in [6.07, 6.45) is 11.0. The predicted molar refractivity (Wildman–Crippen MR) is 114 cm³/mol. The van der Waals surface area contributed by atoms with Crippen molar-refractivity contribution in [3.05, 3.63) is 23.3 Å². The second-order valence-electron chi connectivity index (χ2n) is 10.3. The second kappa shape index (κ2) is 7.23. The number of anilines is 1. The fourth-order valence-corrected chi connectivity index (χ4v) is 7.32. The highest BCUT2D eigenvalue weighted by Crippen LogP contribution is 2.62. The van der Waals surface area contributed by atoms with Crippen molar-refractivity contribution in [3.8, 4) is 5.75 Å².